The molecule has 3 heterocycles. The minimum Gasteiger partial charge on any atom is -0.366 e. The van der Waals surface area contributed by atoms with Gasteiger partial charge in [0.2, 0.25) is 0 Å². The van der Waals surface area contributed by atoms with Gasteiger partial charge in [-0.2, -0.15) is 0 Å². The Bertz CT molecular complexity index is 1030. The molecular formula is C27H35Br2N3OS. The molecule has 2 fully saturated rings. The Hall–Kier alpha value is -0.860. The Labute approximate surface area is 228 Å². The number of aryl methyl sites for hydroxylation is 2. The van der Waals surface area contributed by atoms with Crippen LogP contribution in [-0.2, 0) is 25.1 Å². The molecule has 0 aromatic heterocycles. The van der Waals surface area contributed by atoms with Crippen molar-refractivity contribution in [2.24, 2.45) is 10.4 Å². The number of amidine groups is 1. The first-order valence-electron chi connectivity index (χ1n) is 12.2. The first kappa shape index (κ1) is 26.2. The van der Waals surface area contributed by atoms with Gasteiger partial charge in [0.1, 0.15) is 0 Å². The number of aliphatic hydroxyl groups is 1. The highest BCUT2D eigenvalue weighted by atomic mass is 79.9. The molecule has 0 bridgehead atoms. The summed E-state index contributed by atoms with van der Waals surface area (Å²) in [5.74, 6) is 0.681. The molecule has 34 heavy (non-hydrogen) atoms. The second-order valence-corrected chi connectivity index (χ2v) is 11.2. The Kier molecular flexibility index (Phi) is 8.20. The summed E-state index contributed by atoms with van der Waals surface area (Å²) >= 11 is 1.73. The van der Waals surface area contributed by atoms with Crippen molar-refractivity contribution < 1.29 is 5.11 Å². The molecule has 4 aliphatic rings. The maximum absolute atomic E-state index is 11.9. The van der Waals surface area contributed by atoms with Crippen LogP contribution in [0.3, 0.4) is 0 Å². The standard InChI is InChI=1S/C27H33N3OS.2BrH/c31-27(24-11-10-22-8-4-5-9-23(22)16-24)20-32-25-28-18-26(19-30(25)27)12-14-29(15-13-26)17-21-6-2-1-3-7-21;;/h1-3,6-7,10-11,16,31H,4-5,8-9,12-15,17-20H2;2*1H. The molecule has 6 rings (SSSR count). The second-order valence-electron chi connectivity index (χ2n) is 10.2. The van der Waals surface area contributed by atoms with Gasteiger partial charge in [-0.25, -0.2) is 0 Å². The maximum atomic E-state index is 11.9. The molecule has 1 aliphatic carbocycles. The number of hydrogen-bond acceptors (Lipinski definition) is 5. The lowest BCUT2D eigenvalue weighted by Crippen LogP contribution is -2.56. The quantitative estimate of drug-likeness (QED) is 0.495. The number of piperidine rings is 1. The van der Waals surface area contributed by atoms with Gasteiger partial charge >= 0.3 is 0 Å². The Morgan fingerprint density at radius 3 is 2.44 bits per heavy atom. The molecule has 1 N–H and O–H groups in total. The van der Waals surface area contributed by atoms with Crippen molar-refractivity contribution in [1.82, 2.24) is 9.80 Å². The molecule has 4 nitrogen and oxygen atoms in total. The second kappa shape index (κ2) is 10.6. The van der Waals surface area contributed by atoms with Gasteiger partial charge in [0.15, 0.2) is 10.9 Å². The summed E-state index contributed by atoms with van der Waals surface area (Å²) in [6, 6.07) is 17.5. The fourth-order valence-electron chi connectivity index (χ4n) is 5.99. The van der Waals surface area contributed by atoms with Gasteiger partial charge in [-0.05, 0) is 68.3 Å². The molecule has 2 aromatic carbocycles. The number of halogens is 2. The van der Waals surface area contributed by atoms with Crippen LogP contribution in [0.5, 0.6) is 0 Å². The minimum atomic E-state index is -0.926. The van der Waals surface area contributed by atoms with Gasteiger partial charge in [0.05, 0.1) is 5.75 Å². The molecule has 0 amide bonds. The highest BCUT2D eigenvalue weighted by Gasteiger charge is 2.51. The molecule has 7 heteroatoms. The fraction of sp³-hybridized carbons (Fsp3) is 0.519. The zero-order valence-electron chi connectivity index (χ0n) is 19.6. The van der Waals surface area contributed by atoms with E-state index in [9.17, 15) is 5.11 Å². The van der Waals surface area contributed by atoms with Gasteiger partial charge in [0.25, 0.3) is 0 Å². The average Bonchev–Trinajstić information content (AvgIpc) is 3.18. The van der Waals surface area contributed by atoms with Crippen molar-refractivity contribution in [3.63, 3.8) is 0 Å². The van der Waals surface area contributed by atoms with Crippen molar-refractivity contribution in [1.29, 1.82) is 0 Å². The van der Waals surface area contributed by atoms with Gasteiger partial charge < -0.3 is 10.0 Å². The predicted molar refractivity (Wildman–Crippen MR) is 152 cm³/mol. The number of hydrogen-bond donors (Lipinski definition) is 1. The van der Waals surface area contributed by atoms with Gasteiger partial charge in [-0.15, -0.1) is 34.0 Å². The summed E-state index contributed by atoms with van der Waals surface area (Å²) in [7, 11) is 0. The van der Waals surface area contributed by atoms with Gasteiger partial charge in [0, 0.05) is 30.6 Å². The molecule has 0 saturated carbocycles. The van der Waals surface area contributed by atoms with E-state index in [-0.39, 0.29) is 39.4 Å². The van der Waals surface area contributed by atoms with Crippen molar-refractivity contribution in [2.75, 3.05) is 31.9 Å². The first-order chi connectivity index (χ1) is 15.6. The van der Waals surface area contributed by atoms with Crippen LogP contribution in [0.25, 0.3) is 0 Å². The van der Waals surface area contributed by atoms with E-state index in [2.05, 4.69) is 58.3 Å². The molecule has 0 radical (unpaired) electrons. The topological polar surface area (TPSA) is 39.1 Å². The summed E-state index contributed by atoms with van der Waals surface area (Å²) in [5.41, 5.74) is 4.64. The summed E-state index contributed by atoms with van der Waals surface area (Å²) in [6.45, 7) is 5.08. The van der Waals surface area contributed by atoms with Crippen LogP contribution in [0.15, 0.2) is 53.5 Å². The van der Waals surface area contributed by atoms with E-state index in [1.54, 1.807) is 11.8 Å². The fourth-order valence-corrected chi connectivity index (χ4v) is 7.17. The lowest BCUT2D eigenvalue weighted by molar-refractivity contribution is -0.0756. The SMILES string of the molecule is Br.Br.OC1(c2ccc3c(c2)CCCC3)CSC2=NCC3(CCN(Cc4ccccc4)CC3)CN21. The lowest BCUT2D eigenvalue weighted by atomic mass is 9.76. The van der Waals surface area contributed by atoms with E-state index in [0.717, 1.165) is 62.7 Å². The van der Waals surface area contributed by atoms with Crippen LogP contribution in [-0.4, -0.2) is 52.0 Å². The van der Waals surface area contributed by atoms with Crippen LogP contribution in [0, 0.1) is 5.41 Å². The number of thioether (sulfide) groups is 1. The monoisotopic (exact) mass is 607 g/mol. The van der Waals surface area contributed by atoms with E-state index in [1.807, 2.05) is 0 Å². The third-order valence-electron chi connectivity index (χ3n) is 8.10. The zero-order valence-corrected chi connectivity index (χ0v) is 23.9. The highest BCUT2D eigenvalue weighted by Crippen LogP contribution is 2.46. The van der Waals surface area contributed by atoms with Crippen LogP contribution < -0.4 is 0 Å². The van der Waals surface area contributed by atoms with Crippen molar-refractivity contribution >= 4 is 50.9 Å². The molecule has 1 spiro atoms. The predicted octanol–water partition coefficient (Wildman–Crippen LogP) is 5.57. The molecule has 3 aliphatic heterocycles. The normalized spacial score (nSPS) is 25.6. The summed E-state index contributed by atoms with van der Waals surface area (Å²) in [4.78, 5) is 9.84. The van der Waals surface area contributed by atoms with Crippen molar-refractivity contribution in [2.45, 2.75) is 50.8 Å². The third kappa shape index (κ3) is 4.88. The zero-order chi connectivity index (χ0) is 21.6. The molecule has 184 valence electrons. The number of fused-ring (bicyclic) bond motifs is 2. The Morgan fingerprint density at radius 1 is 0.941 bits per heavy atom. The lowest BCUT2D eigenvalue weighted by Gasteiger charge is -2.48. The average molecular weight is 609 g/mol. The van der Waals surface area contributed by atoms with Gasteiger partial charge in [-0.3, -0.25) is 9.89 Å². The molecule has 1 unspecified atom stereocenters. The summed E-state index contributed by atoms with van der Waals surface area (Å²) in [6.07, 6.45) is 7.19. The summed E-state index contributed by atoms with van der Waals surface area (Å²) in [5, 5.41) is 13.0. The smallest absolute Gasteiger partial charge is 0.175 e. The third-order valence-corrected chi connectivity index (χ3v) is 9.25. The maximum Gasteiger partial charge on any atom is 0.175 e. The van der Waals surface area contributed by atoms with Crippen LogP contribution in [0.1, 0.15) is 47.9 Å². The Balaban J connectivity index is 0.00000137. The van der Waals surface area contributed by atoms with Crippen LogP contribution in [0.2, 0.25) is 0 Å². The van der Waals surface area contributed by atoms with Crippen molar-refractivity contribution in [3.05, 3.63) is 70.8 Å². The molecule has 2 saturated heterocycles. The van der Waals surface area contributed by atoms with Crippen molar-refractivity contribution in [3.8, 4) is 0 Å². The summed E-state index contributed by atoms with van der Waals surface area (Å²) < 4.78 is 0. The minimum absolute atomic E-state index is 0. The largest absolute Gasteiger partial charge is 0.366 e. The van der Waals surface area contributed by atoms with E-state index in [1.165, 1.54) is 36.0 Å². The number of rotatable bonds is 3. The molecule has 2 aromatic rings. The van der Waals surface area contributed by atoms with E-state index in [4.69, 9.17) is 4.99 Å². The first-order valence-corrected chi connectivity index (χ1v) is 13.2. The number of aliphatic imine (C=N–C) groups is 1. The van der Waals surface area contributed by atoms with Crippen LogP contribution in [0.4, 0.5) is 0 Å². The van der Waals surface area contributed by atoms with E-state index < -0.39 is 5.72 Å². The van der Waals surface area contributed by atoms with Crippen LogP contribution >= 0.6 is 45.7 Å². The Morgan fingerprint density at radius 2 is 1.68 bits per heavy atom. The molecular weight excluding hydrogens is 574 g/mol. The number of benzene rings is 2. The number of likely N-dealkylation sites (tertiary alicyclic amines) is 1. The van der Waals surface area contributed by atoms with E-state index >= 15 is 0 Å². The molecule has 1 atom stereocenters. The van der Waals surface area contributed by atoms with E-state index in [0.29, 0.717) is 5.75 Å². The van der Waals surface area contributed by atoms with Gasteiger partial charge in [-0.1, -0.05) is 60.3 Å². The number of nitrogens with zero attached hydrogens (tertiary/aromatic N) is 3. The highest BCUT2D eigenvalue weighted by molar-refractivity contribution is 8.93.